The molecule has 7 heteroatoms. The molecule has 0 aliphatic heterocycles. The Hall–Kier alpha value is -1.18. The Bertz CT molecular complexity index is 637. The summed E-state index contributed by atoms with van der Waals surface area (Å²) in [4.78, 5) is 23.1. The van der Waals surface area contributed by atoms with E-state index in [1.54, 1.807) is 0 Å². The van der Waals surface area contributed by atoms with Crippen LogP contribution in [0.1, 0.15) is 16.6 Å². The van der Waals surface area contributed by atoms with Gasteiger partial charge in [-0.05, 0) is 31.2 Å². The van der Waals surface area contributed by atoms with Crippen LogP contribution < -0.4 is 0 Å². The molecule has 19 heavy (non-hydrogen) atoms. The number of carbonyl (C=O) groups is 1. The molecule has 0 aliphatic carbocycles. The van der Waals surface area contributed by atoms with E-state index in [1.807, 2.05) is 24.3 Å². The van der Waals surface area contributed by atoms with Crippen molar-refractivity contribution in [2.75, 3.05) is 0 Å². The minimum absolute atomic E-state index is 0.0110. The van der Waals surface area contributed by atoms with Crippen LogP contribution in [0.3, 0.4) is 0 Å². The van der Waals surface area contributed by atoms with Crippen molar-refractivity contribution in [1.82, 2.24) is 0 Å². The monoisotopic (exact) mass is 357 g/mol. The minimum Gasteiger partial charge on any atom is -0.294 e. The molecule has 0 unspecified atom stereocenters. The number of rotatable bonds is 4. The average Bonchev–Trinajstić information content (AvgIpc) is 2.76. The van der Waals surface area contributed by atoms with E-state index in [0.29, 0.717) is 9.09 Å². The maximum atomic E-state index is 11.3. The zero-order chi connectivity index (χ0) is 14.0. The van der Waals surface area contributed by atoms with Gasteiger partial charge in [0.2, 0.25) is 0 Å². The van der Waals surface area contributed by atoms with Crippen LogP contribution in [0.15, 0.2) is 43.9 Å². The smallest absolute Gasteiger partial charge is 0.294 e. The van der Waals surface area contributed by atoms with Gasteiger partial charge in [0.1, 0.15) is 4.21 Å². The van der Waals surface area contributed by atoms with Crippen LogP contribution >= 0.6 is 39.0 Å². The van der Waals surface area contributed by atoms with Crippen LogP contribution in [0, 0.1) is 10.1 Å². The lowest BCUT2D eigenvalue weighted by molar-refractivity contribution is -0.387. The maximum Gasteiger partial charge on any atom is 0.294 e. The highest BCUT2D eigenvalue weighted by atomic mass is 79.9. The van der Waals surface area contributed by atoms with Crippen molar-refractivity contribution >= 4 is 50.5 Å². The SMILES string of the molecule is CC(=O)c1cc([N+](=O)[O-])c(Sc2ccc(Br)cc2)s1. The minimum atomic E-state index is -0.454. The van der Waals surface area contributed by atoms with Crippen LogP contribution in [0.4, 0.5) is 5.69 Å². The number of nitro groups is 1. The van der Waals surface area contributed by atoms with Crippen molar-refractivity contribution in [3.05, 3.63) is 49.8 Å². The number of hydrogen-bond donors (Lipinski definition) is 0. The van der Waals surface area contributed by atoms with Crippen LogP contribution in [0.25, 0.3) is 0 Å². The van der Waals surface area contributed by atoms with Gasteiger partial charge in [0.05, 0.1) is 9.80 Å². The van der Waals surface area contributed by atoms with E-state index in [9.17, 15) is 14.9 Å². The lowest BCUT2D eigenvalue weighted by atomic mass is 10.3. The molecule has 0 amide bonds. The molecule has 0 N–H and O–H groups in total. The molecule has 98 valence electrons. The molecule has 0 spiro atoms. The largest absolute Gasteiger partial charge is 0.294 e. The van der Waals surface area contributed by atoms with Crippen molar-refractivity contribution in [1.29, 1.82) is 0 Å². The van der Waals surface area contributed by atoms with E-state index in [0.717, 1.165) is 20.7 Å². The van der Waals surface area contributed by atoms with Gasteiger partial charge >= 0.3 is 0 Å². The summed E-state index contributed by atoms with van der Waals surface area (Å²) in [6, 6.07) is 8.81. The van der Waals surface area contributed by atoms with Gasteiger partial charge < -0.3 is 0 Å². The summed E-state index contributed by atoms with van der Waals surface area (Å²) >= 11 is 5.78. The standard InChI is InChI=1S/C12H8BrNO3S2/c1-7(15)11-6-10(14(16)17)12(19-11)18-9-4-2-8(13)3-5-9/h2-6H,1H3. The number of Topliss-reactive ketones (excluding diaryl/α,β-unsaturated/α-hetero) is 1. The fourth-order valence-corrected chi connectivity index (χ4v) is 3.81. The highest BCUT2D eigenvalue weighted by molar-refractivity contribution is 9.10. The van der Waals surface area contributed by atoms with Crippen molar-refractivity contribution in [3.8, 4) is 0 Å². The van der Waals surface area contributed by atoms with Crippen LogP contribution in [0.5, 0.6) is 0 Å². The summed E-state index contributed by atoms with van der Waals surface area (Å²) in [6.45, 7) is 1.41. The number of ketones is 1. The summed E-state index contributed by atoms with van der Waals surface area (Å²) in [5, 5.41) is 11.0. The van der Waals surface area contributed by atoms with Gasteiger partial charge in [0, 0.05) is 15.4 Å². The number of hydrogen-bond acceptors (Lipinski definition) is 5. The lowest BCUT2D eigenvalue weighted by Crippen LogP contribution is -1.87. The molecule has 1 aromatic heterocycles. The molecule has 0 fully saturated rings. The molecule has 2 rings (SSSR count). The summed E-state index contributed by atoms with van der Waals surface area (Å²) in [5.41, 5.74) is -0.0110. The summed E-state index contributed by atoms with van der Waals surface area (Å²) in [6.07, 6.45) is 0. The van der Waals surface area contributed by atoms with Crippen LogP contribution in [0.2, 0.25) is 0 Å². The first-order chi connectivity index (χ1) is 8.97. The molecule has 0 atom stereocenters. The van der Waals surface area contributed by atoms with Gasteiger partial charge in [-0.3, -0.25) is 14.9 Å². The second kappa shape index (κ2) is 5.85. The van der Waals surface area contributed by atoms with Gasteiger partial charge in [-0.1, -0.05) is 27.7 Å². The number of benzene rings is 1. The van der Waals surface area contributed by atoms with E-state index in [4.69, 9.17) is 0 Å². The Morgan fingerprint density at radius 2 is 2.00 bits per heavy atom. The summed E-state index contributed by atoms with van der Waals surface area (Å²) < 4.78 is 1.47. The average molecular weight is 358 g/mol. The van der Waals surface area contributed by atoms with Gasteiger partial charge in [0.15, 0.2) is 5.78 Å². The Morgan fingerprint density at radius 1 is 1.37 bits per heavy atom. The van der Waals surface area contributed by atoms with E-state index in [1.165, 1.54) is 24.8 Å². The van der Waals surface area contributed by atoms with E-state index in [-0.39, 0.29) is 11.5 Å². The van der Waals surface area contributed by atoms with E-state index < -0.39 is 4.92 Å². The molecule has 0 radical (unpaired) electrons. The van der Waals surface area contributed by atoms with Crippen LogP contribution in [-0.2, 0) is 0 Å². The molecule has 1 aromatic carbocycles. The fourth-order valence-electron chi connectivity index (χ4n) is 1.35. The zero-order valence-corrected chi connectivity index (χ0v) is 13.0. The number of thiophene rings is 1. The third-order valence-corrected chi connectivity index (χ3v) is 5.20. The van der Waals surface area contributed by atoms with Gasteiger partial charge in [-0.2, -0.15) is 0 Å². The van der Waals surface area contributed by atoms with Crippen LogP contribution in [-0.4, -0.2) is 10.7 Å². The molecule has 0 saturated carbocycles. The molecule has 0 aliphatic rings. The number of nitrogens with zero attached hydrogens (tertiary/aromatic N) is 1. The molecular formula is C12H8BrNO3S2. The molecule has 0 saturated heterocycles. The molecule has 2 aromatic rings. The first-order valence-corrected chi connectivity index (χ1v) is 7.62. The Morgan fingerprint density at radius 3 is 2.53 bits per heavy atom. The fraction of sp³-hybridized carbons (Fsp3) is 0.0833. The van der Waals surface area contributed by atoms with Crippen molar-refractivity contribution in [2.45, 2.75) is 16.0 Å². The first-order valence-electron chi connectivity index (χ1n) is 5.20. The summed E-state index contributed by atoms with van der Waals surface area (Å²) in [5.74, 6) is -0.157. The summed E-state index contributed by atoms with van der Waals surface area (Å²) in [7, 11) is 0. The van der Waals surface area contributed by atoms with Crippen molar-refractivity contribution < 1.29 is 9.72 Å². The Kier molecular flexibility index (Phi) is 4.38. The topological polar surface area (TPSA) is 60.2 Å². The molecular weight excluding hydrogens is 350 g/mol. The normalized spacial score (nSPS) is 10.4. The van der Waals surface area contributed by atoms with E-state index in [2.05, 4.69) is 15.9 Å². The molecule has 4 nitrogen and oxygen atoms in total. The second-order valence-electron chi connectivity index (χ2n) is 3.65. The predicted molar refractivity (Wildman–Crippen MR) is 79.2 cm³/mol. The predicted octanol–water partition coefficient (Wildman–Crippen LogP) is 4.77. The quantitative estimate of drug-likeness (QED) is 0.449. The number of carbonyl (C=O) groups excluding carboxylic acids is 1. The zero-order valence-electron chi connectivity index (χ0n) is 9.75. The maximum absolute atomic E-state index is 11.3. The van der Waals surface area contributed by atoms with Crippen molar-refractivity contribution in [3.63, 3.8) is 0 Å². The lowest BCUT2D eigenvalue weighted by Gasteiger charge is -1.98. The molecule has 0 bridgehead atoms. The van der Waals surface area contributed by atoms with Gasteiger partial charge in [0.25, 0.3) is 5.69 Å². The highest BCUT2D eigenvalue weighted by Gasteiger charge is 2.21. The van der Waals surface area contributed by atoms with E-state index >= 15 is 0 Å². The Labute approximate surface area is 126 Å². The van der Waals surface area contributed by atoms with Gasteiger partial charge in [-0.15, -0.1) is 11.3 Å². The second-order valence-corrected chi connectivity index (χ2v) is 6.96. The number of halogens is 1. The van der Waals surface area contributed by atoms with Gasteiger partial charge in [-0.25, -0.2) is 0 Å². The third kappa shape index (κ3) is 3.43. The first kappa shape index (κ1) is 14.2. The highest BCUT2D eigenvalue weighted by Crippen LogP contribution is 2.41. The Balaban J connectivity index is 2.35. The van der Waals surface area contributed by atoms with Crippen molar-refractivity contribution in [2.24, 2.45) is 0 Å². The third-order valence-electron chi connectivity index (χ3n) is 2.25. The molecule has 1 heterocycles.